The van der Waals surface area contributed by atoms with Gasteiger partial charge in [-0.05, 0) is 12.1 Å². The third kappa shape index (κ3) is 2.39. The van der Waals surface area contributed by atoms with E-state index >= 15 is 0 Å². The normalized spacial score (nSPS) is 10.7. The van der Waals surface area contributed by atoms with Crippen LogP contribution in [0, 0.1) is 0 Å². The van der Waals surface area contributed by atoms with Crippen molar-refractivity contribution in [2.75, 3.05) is 0 Å². The van der Waals surface area contributed by atoms with E-state index in [9.17, 15) is 0 Å². The molecule has 7 heteroatoms. The van der Waals surface area contributed by atoms with Gasteiger partial charge in [0.05, 0.1) is 12.1 Å². The second-order valence-corrected chi connectivity index (χ2v) is 4.95. The molecule has 18 heavy (non-hydrogen) atoms. The summed E-state index contributed by atoms with van der Waals surface area (Å²) in [5, 5.41) is 17.4. The van der Waals surface area contributed by atoms with Crippen molar-refractivity contribution in [1.29, 1.82) is 0 Å². The first-order chi connectivity index (χ1) is 8.81. The molecule has 3 aromatic rings. The zero-order chi connectivity index (χ0) is 12.4. The van der Waals surface area contributed by atoms with E-state index < -0.39 is 0 Å². The molecule has 1 N–H and O–H groups in total. The number of aromatic nitrogens is 5. The number of nitrogens with one attached hydrogen (secondary N) is 1. The van der Waals surface area contributed by atoms with E-state index in [1.807, 2.05) is 29.6 Å². The van der Waals surface area contributed by atoms with Crippen molar-refractivity contribution < 1.29 is 0 Å². The van der Waals surface area contributed by atoms with Gasteiger partial charge in [-0.3, -0.25) is 0 Å². The second kappa shape index (κ2) is 4.83. The summed E-state index contributed by atoms with van der Waals surface area (Å²) in [7, 11) is 0. The van der Waals surface area contributed by atoms with Gasteiger partial charge in [-0.25, -0.2) is 4.98 Å². The summed E-state index contributed by atoms with van der Waals surface area (Å²) in [6.45, 7) is 0. The van der Waals surface area contributed by atoms with Gasteiger partial charge in [-0.1, -0.05) is 28.9 Å². The second-order valence-electron chi connectivity index (χ2n) is 3.66. The Morgan fingerprint density at radius 2 is 2.06 bits per heavy atom. The van der Waals surface area contributed by atoms with E-state index in [1.165, 1.54) is 0 Å². The molecule has 5 nitrogen and oxygen atoms in total. The van der Waals surface area contributed by atoms with Crippen LogP contribution in [0.5, 0.6) is 0 Å². The Bertz CT molecular complexity index is 632. The molecule has 0 aliphatic rings. The van der Waals surface area contributed by atoms with E-state index in [-0.39, 0.29) is 0 Å². The van der Waals surface area contributed by atoms with Crippen LogP contribution >= 0.6 is 22.9 Å². The lowest BCUT2D eigenvalue weighted by Crippen LogP contribution is -1.91. The maximum absolute atomic E-state index is 5.86. The fourth-order valence-corrected chi connectivity index (χ4v) is 2.48. The highest BCUT2D eigenvalue weighted by atomic mass is 35.5. The standard InChI is InChI=1S/C11H8ClN5S/c12-8-3-1-7(2-4-8)11-13-9(6-18-11)5-10-14-16-17-15-10/h1-4,6H,5H2,(H,14,15,16,17). The van der Waals surface area contributed by atoms with Crippen molar-refractivity contribution in [1.82, 2.24) is 25.6 Å². The Morgan fingerprint density at radius 3 is 2.78 bits per heavy atom. The van der Waals surface area contributed by atoms with Gasteiger partial charge in [0.15, 0.2) is 5.82 Å². The van der Waals surface area contributed by atoms with Gasteiger partial charge in [-0.2, -0.15) is 5.21 Å². The Kier molecular flexibility index (Phi) is 3.04. The number of hydrogen-bond donors (Lipinski definition) is 1. The average Bonchev–Trinajstić information content (AvgIpc) is 3.02. The van der Waals surface area contributed by atoms with Crippen LogP contribution in [0.2, 0.25) is 5.02 Å². The number of tetrazole rings is 1. The van der Waals surface area contributed by atoms with Crippen LogP contribution in [0.4, 0.5) is 0 Å². The molecule has 90 valence electrons. The van der Waals surface area contributed by atoms with Crippen molar-refractivity contribution in [2.45, 2.75) is 6.42 Å². The SMILES string of the molecule is Clc1ccc(-c2nc(Cc3nn[nH]n3)cs2)cc1. The van der Waals surface area contributed by atoms with Gasteiger partial charge in [0.25, 0.3) is 0 Å². The highest BCUT2D eigenvalue weighted by Gasteiger charge is 2.07. The quantitative estimate of drug-likeness (QED) is 0.799. The molecule has 2 heterocycles. The minimum atomic E-state index is 0.584. The van der Waals surface area contributed by atoms with Crippen molar-refractivity contribution in [3.8, 4) is 10.6 Å². The number of hydrogen-bond acceptors (Lipinski definition) is 5. The highest BCUT2D eigenvalue weighted by molar-refractivity contribution is 7.13. The number of halogens is 1. The van der Waals surface area contributed by atoms with Crippen LogP contribution in [-0.4, -0.2) is 25.6 Å². The molecular formula is C11H8ClN5S. The maximum Gasteiger partial charge on any atom is 0.180 e. The van der Waals surface area contributed by atoms with Crippen molar-refractivity contribution in [3.05, 3.63) is 46.2 Å². The first-order valence-electron chi connectivity index (χ1n) is 5.24. The molecule has 1 aromatic carbocycles. The summed E-state index contributed by atoms with van der Waals surface area (Å²) < 4.78 is 0. The Hall–Kier alpha value is -1.79. The molecule has 0 aliphatic heterocycles. The van der Waals surface area contributed by atoms with Crippen molar-refractivity contribution >= 4 is 22.9 Å². The van der Waals surface area contributed by atoms with E-state index in [0.29, 0.717) is 12.2 Å². The number of rotatable bonds is 3. The van der Waals surface area contributed by atoms with E-state index in [2.05, 4.69) is 25.6 Å². The first kappa shape index (κ1) is 11.3. The monoisotopic (exact) mass is 277 g/mol. The summed E-state index contributed by atoms with van der Waals surface area (Å²) in [6, 6.07) is 7.63. The molecule has 0 atom stereocenters. The smallest absolute Gasteiger partial charge is 0.180 e. The van der Waals surface area contributed by atoms with E-state index in [0.717, 1.165) is 21.3 Å². The number of nitrogens with zero attached hydrogens (tertiary/aromatic N) is 4. The van der Waals surface area contributed by atoms with Gasteiger partial charge in [-0.15, -0.1) is 21.5 Å². The zero-order valence-electron chi connectivity index (χ0n) is 9.17. The molecule has 0 fully saturated rings. The minimum Gasteiger partial charge on any atom is -0.241 e. The molecule has 0 radical (unpaired) electrons. The van der Waals surface area contributed by atoms with E-state index in [1.54, 1.807) is 11.3 Å². The summed E-state index contributed by atoms with van der Waals surface area (Å²) >= 11 is 7.45. The molecule has 2 aromatic heterocycles. The fraction of sp³-hybridized carbons (Fsp3) is 0.0909. The van der Waals surface area contributed by atoms with Crippen LogP contribution in [0.1, 0.15) is 11.5 Å². The lowest BCUT2D eigenvalue weighted by molar-refractivity contribution is 0.881. The summed E-state index contributed by atoms with van der Waals surface area (Å²) in [6.07, 6.45) is 0.584. The summed E-state index contributed by atoms with van der Waals surface area (Å²) in [5.41, 5.74) is 2.00. The topological polar surface area (TPSA) is 67.3 Å². The Labute approximate surface area is 112 Å². The van der Waals surface area contributed by atoms with Gasteiger partial charge in [0, 0.05) is 16.0 Å². The van der Waals surface area contributed by atoms with Gasteiger partial charge >= 0.3 is 0 Å². The third-order valence-electron chi connectivity index (χ3n) is 2.37. The predicted molar refractivity (Wildman–Crippen MR) is 69.5 cm³/mol. The van der Waals surface area contributed by atoms with Gasteiger partial charge in [0.1, 0.15) is 5.01 Å². The lowest BCUT2D eigenvalue weighted by atomic mass is 10.2. The molecule has 0 unspecified atom stereocenters. The van der Waals surface area contributed by atoms with Gasteiger partial charge < -0.3 is 0 Å². The molecule has 0 bridgehead atoms. The van der Waals surface area contributed by atoms with Crippen LogP contribution in [0.3, 0.4) is 0 Å². The number of thiazole rings is 1. The number of aromatic amines is 1. The largest absolute Gasteiger partial charge is 0.241 e. The molecule has 0 saturated heterocycles. The molecule has 0 spiro atoms. The Morgan fingerprint density at radius 1 is 1.22 bits per heavy atom. The molecule has 3 rings (SSSR count). The minimum absolute atomic E-state index is 0.584. The molecule has 0 amide bonds. The molecular weight excluding hydrogens is 270 g/mol. The average molecular weight is 278 g/mol. The van der Waals surface area contributed by atoms with Crippen LogP contribution in [-0.2, 0) is 6.42 Å². The van der Waals surface area contributed by atoms with Crippen LogP contribution in [0.15, 0.2) is 29.6 Å². The zero-order valence-corrected chi connectivity index (χ0v) is 10.7. The van der Waals surface area contributed by atoms with E-state index in [4.69, 9.17) is 11.6 Å². The molecule has 0 aliphatic carbocycles. The third-order valence-corrected chi connectivity index (χ3v) is 3.56. The predicted octanol–water partition coefficient (Wildman–Crippen LogP) is 2.57. The van der Waals surface area contributed by atoms with Crippen LogP contribution in [0.25, 0.3) is 10.6 Å². The highest BCUT2D eigenvalue weighted by Crippen LogP contribution is 2.25. The van der Waals surface area contributed by atoms with Crippen molar-refractivity contribution in [3.63, 3.8) is 0 Å². The Balaban J connectivity index is 1.83. The lowest BCUT2D eigenvalue weighted by Gasteiger charge is -1.95. The summed E-state index contributed by atoms with van der Waals surface area (Å²) in [4.78, 5) is 4.54. The first-order valence-corrected chi connectivity index (χ1v) is 6.50. The fourth-order valence-electron chi connectivity index (χ4n) is 1.53. The van der Waals surface area contributed by atoms with Crippen molar-refractivity contribution in [2.24, 2.45) is 0 Å². The van der Waals surface area contributed by atoms with Crippen LogP contribution < -0.4 is 0 Å². The number of benzene rings is 1. The number of H-pyrrole nitrogens is 1. The molecule has 0 saturated carbocycles. The summed E-state index contributed by atoms with van der Waals surface area (Å²) in [5.74, 6) is 0.642. The van der Waals surface area contributed by atoms with Gasteiger partial charge in [0.2, 0.25) is 0 Å². The maximum atomic E-state index is 5.86.